The number of nitrogens with one attached hydrogen (secondary N) is 1. The van der Waals surface area contributed by atoms with Gasteiger partial charge in [-0.05, 0) is 24.9 Å². The third-order valence-corrected chi connectivity index (χ3v) is 3.99. The Hall–Kier alpha value is -1.56. The van der Waals surface area contributed by atoms with Crippen LogP contribution in [0.5, 0.6) is 0 Å². The Kier molecular flexibility index (Phi) is 4.88. The quantitative estimate of drug-likeness (QED) is 0.663. The lowest BCUT2D eigenvalue weighted by molar-refractivity contribution is -0.186. The molecular weight excluding hydrogens is 279 g/mol. The fourth-order valence-electron chi connectivity index (χ4n) is 2.82. The monoisotopic (exact) mass is 299 g/mol. The van der Waals surface area contributed by atoms with Crippen molar-refractivity contribution in [3.05, 3.63) is 35.9 Å². The molecular formula is C15H20F3N3. The molecule has 0 radical (unpaired) electrons. The first-order chi connectivity index (χ1) is 9.88. The van der Waals surface area contributed by atoms with Gasteiger partial charge in [-0.1, -0.05) is 30.3 Å². The van der Waals surface area contributed by atoms with Crippen LogP contribution < -0.4 is 5.73 Å². The van der Waals surface area contributed by atoms with E-state index in [-0.39, 0.29) is 24.7 Å². The summed E-state index contributed by atoms with van der Waals surface area (Å²) in [5.74, 6) is -1.62. The summed E-state index contributed by atoms with van der Waals surface area (Å²) >= 11 is 0. The van der Waals surface area contributed by atoms with E-state index in [9.17, 15) is 13.2 Å². The van der Waals surface area contributed by atoms with Crippen LogP contribution in [-0.2, 0) is 0 Å². The molecule has 0 aromatic heterocycles. The molecule has 3 nitrogen and oxygen atoms in total. The zero-order valence-corrected chi connectivity index (χ0v) is 11.7. The van der Waals surface area contributed by atoms with Gasteiger partial charge in [0.15, 0.2) is 0 Å². The molecule has 0 aliphatic carbocycles. The van der Waals surface area contributed by atoms with Gasteiger partial charge in [-0.3, -0.25) is 5.41 Å². The van der Waals surface area contributed by atoms with Crippen molar-refractivity contribution in [2.45, 2.75) is 24.9 Å². The van der Waals surface area contributed by atoms with E-state index in [2.05, 4.69) is 0 Å². The molecule has 1 aliphatic heterocycles. The molecule has 116 valence electrons. The normalized spacial score (nSPS) is 22.0. The molecule has 1 fully saturated rings. The molecule has 1 aromatic carbocycles. The van der Waals surface area contributed by atoms with Crippen molar-refractivity contribution in [3.8, 4) is 0 Å². The summed E-state index contributed by atoms with van der Waals surface area (Å²) in [6.07, 6.45) is -3.42. The number of halogens is 3. The van der Waals surface area contributed by atoms with E-state index in [0.29, 0.717) is 19.5 Å². The Balaban J connectivity index is 2.06. The SMILES string of the molecule is N=C(N)C(CN1CCCC(C(F)(F)F)C1)c1ccccc1. The topological polar surface area (TPSA) is 53.1 Å². The van der Waals surface area contributed by atoms with Gasteiger partial charge in [0.2, 0.25) is 0 Å². The first kappa shape index (κ1) is 15.8. The van der Waals surface area contributed by atoms with Gasteiger partial charge in [0.05, 0.1) is 17.7 Å². The second kappa shape index (κ2) is 6.47. The average Bonchev–Trinajstić information content (AvgIpc) is 2.45. The van der Waals surface area contributed by atoms with E-state index in [1.807, 2.05) is 30.3 Å². The van der Waals surface area contributed by atoms with Crippen LogP contribution in [0.15, 0.2) is 30.3 Å². The minimum atomic E-state index is -4.14. The fraction of sp³-hybridized carbons (Fsp3) is 0.533. The highest BCUT2D eigenvalue weighted by atomic mass is 19.4. The third-order valence-electron chi connectivity index (χ3n) is 3.99. The van der Waals surface area contributed by atoms with E-state index in [4.69, 9.17) is 11.1 Å². The van der Waals surface area contributed by atoms with E-state index >= 15 is 0 Å². The second-order valence-electron chi connectivity index (χ2n) is 5.56. The maximum atomic E-state index is 12.8. The third kappa shape index (κ3) is 4.20. The van der Waals surface area contributed by atoms with Crippen LogP contribution >= 0.6 is 0 Å². The summed E-state index contributed by atoms with van der Waals surface area (Å²) in [7, 11) is 0. The van der Waals surface area contributed by atoms with Gasteiger partial charge in [0, 0.05) is 13.1 Å². The predicted molar refractivity (Wildman–Crippen MR) is 76.3 cm³/mol. The number of hydrogen-bond acceptors (Lipinski definition) is 2. The molecule has 0 bridgehead atoms. The Bertz CT molecular complexity index is 473. The average molecular weight is 299 g/mol. The molecule has 21 heavy (non-hydrogen) atoms. The van der Waals surface area contributed by atoms with Gasteiger partial charge in [-0.25, -0.2) is 0 Å². The van der Waals surface area contributed by atoms with Gasteiger partial charge in [0.1, 0.15) is 0 Å². The Morgan fingerprint density at radius 3 is 2.57 bits per heavy atom. The van der Waals surface area contributed by atoms with Crippen molar-refractivity contribution in [1.82, 2.24) is 4.90 Å². The summed E-state index contributed by atoms with van der Waals surface area (Å²) < 4.78 is 38.5. The van der Waals surface area contributed by atoms with E-state index < -0.39 is 12.1 Å². The molecule has 6 heteroatoms. The molecule has 3 N–H and O–H groups in total. The summed E-state index contributed by atoms with van der Waals surface area (Å²) in [6, 6.07) is 9.27. The maximum absolute atomic E-state index is 12.8. The maximum Gasteiger partial charge on any atom is 0.393 e. The van der Waals surface area contributed by atoms with E-state index in [1.165, 1.54) is 0 Å². The van der Waals surface area contributed by atoms with Crippen molar-refractivity contribution < 1.29 is 13.2 Å². The van der Waals surface area contributed by atoms with Crippen LogP contribution in [-0.4, -0.2) is 36.5 Å². The number of nitrogens with zero attached hydrogens (tertiary/aromatic N) is 1. The number of benzene rings is 1. The van der Waals surface area contributed by atoms with Crippen LogP contribution in [0.3, 0.4) is 0 Å². The summed E-state index contributed by atoms with van der Waals surface area (Å²) in [6.45, 7) is 0.995. The zero-order chi connectivity index (χ0) is 15.5. The zero-order valence-electron chi connectivity index (χ0n) is 11.7. The van der Waals surface area contributed by atoms with E-state index in [0.717, 1.165) is 5.56 Å². The van der Waals surface area contributed by atoms with E-state index in [1.54, 1.807) is 4.90 Å². The number of likely N-dealkylation sites (tertiary alicyclic amines) is 1. The number of amidine groups is 1. The van der Waals surface area contributed by atoms with Crippen molar-refractivity contribution in [3.63, 3.8) is 0 Å². The summed E-state index contributed by atoms with van der Waals surface area (Å²) in [5.41, 5.74) is 6.51. The molecule has 1 saturated heterocycles. The highest BCUT2D eigenvalue weighted by molar-refractivity contribution is 5.84. The summed E-state index contributed by atoms with van der Waals surface area (Å²) in [4.78, 5) is 1.78. The van der Waals surface area contributed by atoms with Crippen LogP contribution in [0.2, 0.25) is 0 Å². The molecule has 1 aliphatic rings. The Morgan fingerprint density at radius 1 is 1.33 bits per heavy atom. The molecule has 2 atom stereocenters. The number of hydrogen-bond donors (Lipinski definition) is 2. The standard InChI is InChI=1S/C15H20F3N3/c16-15(17,18)12-7-4-8-21(9-12)10-13(14(19)20)11-5-2-1-3-6-11/h1-3,5-6,12-13H,4,7-10H2,(H3,19,20). The Labute approximate surface area is 122 Å². The number of nitrogens with two attached hydrogens (primary N) is 1. The van der Waals surface area contributed by atoms with Crippen LogP contribution in [0, 0.1) is 11.3 Å². The van der Waals surface area contributed by atoms with Gasteiger partial charge in [0.25, 0.3) is 0 Å². The minimum absolute atomic E-state index is 0.000113. The van der Waals surface area contributed by atoms with Crippen molar-refractivity contribution in [2.24, 2.45) is 11.7 Å². The van der Waals surface area contributed by atoms with Crippen molar-refractivity contribution in [2.75, 3.05) is 19.6 Å². The van der Waals surface area contributed by atoms with Crippen LogP contribution in [0.25, 0.3) is 0 Å². The highest BCUT2D eigenvalue weighted by Gasteiger charge is 2.42. The van der Waals surface area contributed by atoms with Crippen LogP contribution in [0.1, 0.15) is 24.3 Å². The second-order valence-corrected chi connectivity index (χ2v) is 5.56. The van der Waals surface area contributed by atoms with Gasteiger partial charge in [-0.2, -0.15) is 13.2 Å². The van der Waals surface area contributed by atoms with Gasteiger partial charge in [-0.15, -0.1) is 0 Å². The molecule has 0 saturated carbocycles. The molecule has 2 unspecified atom stereocenters. The Morgan fingerprint density at radius 2 is 2.00 bits per heavy atom. The largest absolute Gasteiger partial charge is 0.393 e. The lowest BCUT2D eigenvalue weighted by Gasteiger charge is -2.35. The predicted octanol–water partition coefficient (Wildman–Crippen LogP) is 2.98. The minimum Gasteiger partial charge on any atom is -0.387 e. The van der Waals surface area contributed by atoms with Crippen molar-refractivity contribution in [1.29, 1.82) is 5.41 Å². The molecule has 2 rings (SSSR count). The lowest BCUT2D eigenvalue weighted by Crippen LogP contribution is -2.44. The highest BCUT2D eigenvalue weighted by Crippen LogP contribution is 2.33. The molecule has 1 aromatic rings. The number of piperidine rings is 1. The first-order valence-electron chi connectivity index (χ1n) is 7.06. The fourth-order valence-corrected chi connectivity index (χ4v) is 2.82. The van der Waals surface area contributed by atoms with Crippen molar-refractivity contribution >= 4 is 5.84 Å². The smallest absolute Gasteiger partial charge is 0.387 e. The molecule has 0 amide bonds. The van der Waals surface area contributed by atoms with Crippen LogP contribution in [0.4, 0.5) is 13.2 Å². The van der Waals surface area contributed by atoms with Gasteiger partial charge >= 0.3 is 6.18 Å². The molecule has 0 spiro atoms. The lowest BCUT2D eigenvalue weighted by atomic mass is 9.93. The molecule has 1 heterocycles. The van der Waals surface area contributed by atoms with Gasteiger partial charge < -0.3 is 10.6 Å². The summed E-state index contributed by atoms with van der Waals surface area (Å²) in [5, 5.41) is 7.71. The number of rotatable bonds is 4. The number of alkyl halides is 3. The first-order valence-corrected chi connectivity index (χ1v) is 7.06.